The van der Waals surface area contributed by atoms with E-state index in [1.54, 1.807) is 0 Å². The van der Waals surface area contributed by atoms with Gasteiger partial charge < -0.3 is 219 Å². The van der Waals surface area contributed by atoms with Gasteiger partial charge >= 0.3 is 0 Å². The SMILES string of the molecule is OC[C@H]1O[C@@H](O[C@H]2[C@H](O)[C@@H](O)[C@H](SCCCOCC(COCCCS[C@@H]3O[C@H](CO)[C@@H](O[C@@H]4O[C@H](CO)[C@H](O)[C@H](O)[C@H]4O)[C@H](O)[C@H]3O)(COCCCS[C@@H]3O[C@H](CO)[C@@H](O[C@@H]4O[C@H](CO)[C@H](O)[C@H](O)[C@H]4O)[C@H](O)[C@H]3O)COCCCS[C@@H]3O[C@H](CO)[C@@H](O[C@@H]4O[C@H](CO)[C@H](O)[C@H](O)[C@H]4O)[C@H](O)[C@H]3O)O[C@@H]2CO)[C@H](O)[C@@H](O)[C@H]1O. The predicted octanol–water partition coefficient (Wildman–Crippen LogP) is -15.0. The Labute approximate surface area is 665 Å². The molecule has 113 heavy (non-hydrogen) atoms. The maximum absolute atomic E-state index is 11.3. The zero-order valence-electron chi connectivity index (χ0n) is 61.3. The monoisotopic (exact) mass is 1730 g/mol. The van der Waals surface area contributed by atoms with Gasteiger partial charge in [-0.1, -0.05) is 0 Å². The number of rotatable bonds is 44. The lowest BCUT2D eigenvalue weighted by Crippen LogP contribution is -2.64. The van der Waals surface area contributed by atoms with Crippen molar-refractivity contribution in [2.24, 2.45) is 5.41 Å². The summed E-state index contributed by atoms with van der Waals surface area (Å²) in [5, 5.41) is 295. The van der Waals surface area contributed by atoms with Crippen molar-refractivity contribution in [3.63, 3.8) is 0 Å². The van der Waals surface area contributed by atoms with Gasteiger partial charge in [0.15, 0.2) is 25.2 Å². The van der Waals surface area contributed by atoms with Crippen molar-refractivity contribution in [1.82, 2.24) is 0 Å². The van der Waals surface area contributed by atoms with E-state index < -0.39 is 301 Å². The molecule has 44 nitrogen and oxygen atoms in total. The highest BCUT2D eigenvalue weighted by atomic mass is 32.2. The molecule has 0 bridgehead atoms. The minimum Gasteiger partial charge on any atom is -0.394 e. The maximum atomic E-state index is 11.3. The van der Waals surface area contributed by atoms with Gasteiger partial charge in [0, 0.05) is 26.4 Å². The van der Waals surface area contributed by atoms with Crippen LogP contribution in [-0.4, -0.2) is 514 Å². The van der Waals surface area contributed by atoms with E-state index in [4.69, 9.17) is 75.8 Å². The first kappa shape index (κ1) is 98.1. The number of thioether (sulfide) groups is 4. The molecule has 0 aromatic rings. The molecule has 8 saturated heterocycles. The number of hydrogen-bond donors (Lipinski definition) is 28. The largest absolute Gasteiger partial charge is 0.394 e. The highest BCUT2D eigenvalue weighted by Gasteiger charge is 2.56. The zero-order chi connectivity index (χ0) is 82.7. The van der Waals surface area contributed by atoms with Crippen LogP contribution in [0.25, 0.3) is 0 Å². The molecule has 0 unspecified atom stereocenters. The van der Waals surface area contributed by atoms with Gasteiger partial charge in [0.05, 0.1) is 84.7 Å². The summed E-state index contributed by atoms with van der Waals surface area (Å²) in [6.45, 7) is -6.83. The third kappa shape index (κ3) is 25.0. The number of hydrogen-bond acceptors (Lipinski definition) is 48. The van der Waals surface area contributed by atoms with Gasteiger partial charge in [0.2, 0.25) is 0 Å². The van der Waals surface area contributed by atoms with E-state index in [0.717, 1.165) is 47.0 Å². The third-order valence-corrected chi connectivity index (χ3v) is 25.3. The van der Waals surface area contributed by atoms with Crippen molar-refractivity contribution in [3.8, 4) is 0 Å². The molecule has 0 aromatic heterocycles. The molecule has 8 rings (SSSR count). The Kier molecular flexibility index (Phi) is 41.2. The van der Waals surface area contributed by atoms with E-state index in [1.165, 1.54) is 0 Å². The smallest absolute Gasteiger partial charge is 0.187 e. The molecule has 0 aromatic carbocycles. The van der Waals surface area contributed by atoms with Crippen molar-refractivity contribution >= 4 is 47.0 Å². The van der Waals surface area contributed by atoms with Crippen molar-refractivity contribution in [2.75, 3.05) is 129 Å². The van der Waals surface area contributed by atoms with Gasteiger partial charge in [-0.2, -0.15) is 0 Å². The third-order valence-electron chi connectivity index (χ3n) is 20.3. The van der Waals surface area contributed by atoms with Crippen molar-refractivity contribution in [1.29, 1.82) is 0 Å². The average molecular weight is 1730 g/mol. The molecule has 664 valence electrons. The van der Waals surface area contributed by atoms with Crippen molar-refractivity contribution in [2.45, 2.75) is 268 Å². The van der Waals surface area contributed by atoms with Gasteiger partial charge in [-0.15, -0.1) is 47.0 Å². The highest BCUT2D eigenvalue weighted by Crippen LogP contribution is 2.39. The fourth-order valence-electron chi connectivity index (χ4n) is 13.6. The summed E-state index contributed by atoms with van der Waals surface area (Å²) in [7, 11) is 0. The van der Waals surface area contributed by atoms with Gasteiger partial charge in [-0.3, -0.25) is 0 Å². The molecular formula is C65H116O44S4. The molecule has 8 heterocycles. The van der Waals surface area contributed by atoms with Crippen LogP contribution in [0.15, 0.2) is 0 Å². The lowest BCUT2D eigenvalue weighted by Gasteiger charge is -2.46. The normalized spacial score (nSPS) is 44.9. The molecule has 0 amide bonds. The summed E-state index contributed by atoms with van der Waals surface area (Å²) in [6.07, 6.45) is -58.7. The van der Waals surface area contributed by atoms with Crippen LogP contribution in [0, 0.1) is 5.41 Å². The number of aliphatic hydroxyl groups is 28. The first-order valence-corrected chi connectivity index (χ1v) is 41.3. The Bertz CT molecular complexity index is 2290. The van der Waals surface area contributed by atoms with Crippen LogP contribution in [0.3, 0.4) is 0 Å². The van der Waals surface area contributed by atoms with E-state index in [9.17, 15) is 143 Å². The Hall–Kier alpha value is -0.360. The Morgan fingerprint density at radius 2 is 0.398 bits per heavy atom. The molecule has 8 fully saturated rings. The number of ether oxygens (including phenoxy) is 16. The molecule has 48 heteroatoms. The van der Waals surface area contributed by atoms with Crippen LogP contribution < -0.4 is 0 Å². The van der Waals surface area contributed by atoms with Crippen LogP contribution in [0.5, 0.6) is 0 Å². The van der Waals surface area contributed by atoms with Crippen LogP contribution in [-0.2, 0) is 75.8 Å². The summed E-state index contributed by atoms with van der Waals surface area (Å²) >= 11 is 4.13. The molecule has 8 aliphatic heterocycles. The summed E-state index contributed by atoms with van der Waals surface area (Å²) in [6, 6.07) is 0. The van der Waals surface area contributed by atoms with Crippen LogP contribution >= 0.6 is 47.0 Å². The van der Waals surface area contributed by atoms with Gasteiger partial charge in [-0.05, 0) is 48.7 Å². The first-order chi connectivity index (χ1) is 54.0. The molecular weight excluding hydrogens is 1610 g/mol. The van der Waals surface area contributed by atoms with Crippen molar-refractivity contribution < 1.29 is 219 Å². The van der Waals surface area contributed by atoms with E-state index >= 15 is 0 Å². The molecule has 0 saturated carbocycles. The second kappa shape index (κ2) is 47.5. The van der Waals surface area contributed by atoms with E-state index in [-0.39, 0.29) is 102 Å². The fourth-order valence-corrected chi connectivity index (χ4v) is 18.0. The van der Waals surface area contributed by atoms with Crippen LogP contribution in [0.1, 0.15) is 25.7 Å². The van der Waals surface area contributed by atoms with Gasteiger partial charge in [0.25, 0.3) is 0 Å². The Balaban J connectivity index is 0.920. The lowest BCUT2D eigenvalue weighted by atomic mass is 9.92. The maximum Gasteiger partial charge on any atom is 0.187 e. The quantitative estimate of drug-likeness (QED) is 0.0252. The highest BCUT2D eigenvalue weighted by molar-refractivity contribution is 8.00. The van der Waals surface area contributed by atoms with Gasteiger partial charge in [0.1, 0.15) is 217 Å². The molecule has 0 spiro atoms. The minimum atomic E-state index is -1.88. The van der Waals surface area contributed by atoms with E-state index in [1.807, 2.05) is 0 Å². The van der Waals surface area contributed by atoms with E-state index in [2.05, 4.69) is 0 Å². The fraction of sp³-hybridized carbons (Fsp3) is 1.00. The number of aliphatic hydroxyl groups excluding tert-OH is 28. The molecule has 8 aliphatic rings. The molecule has 40 atom stereocenters. The molecule has 28 N–H and O–H groups in total. The first-order valence-electron chi connectivity index (χ1n) is 37.1. The lowest BCUT2D eigenvalue weighted by molar-refractivity contribution is -0.338. The summed E-state index contributed by atoms with van der Waals surface area (Å²) in [5.41, 5.74) is -5.92. The predicted molar refractivity (Wildman–Crippen MR) is 380 cm³/mol. The van der Waals surface area contributed by atoms with Gasteiger partial charge in [-0.25, -0.2) is 0 Å². The second-order valence-corrected chi connectivity index (χ2v) is 33.5. The Morgan fingerprint density at radius 1 is 0.212 bits per heavy atom. The van der Waals surface area contributed by atoms with Crippen LogP contribution in [0.4, 0.5) is 0 Å². The summed E-state index contributed by atoms with van der Waals surface area (Å²) < 4.78 is 93.5. The average Bonchev–Trinajstić information content (AvgIpc) is 0.798. The second-order valence-electron chi connectivity index (χ2n) is 28.6. The minimum absolute atomic E-state index is 0.00671. The topological polar surface area (TPSA) is 714 Å². The molecule has 0 radical (unpaired) electrons. The standard InChI is InChI=1S/C65H116O44S4/c66-13-25-33(74)37(78)45(86)57(98-25)106-53-29(17-70)102-61(49(90)41(53)82)110-9-1-5-94-21-65(22-95-6-2-10-111-62-50(91)42(83)54(30(18-71)103-62)107-58-46(87)38(79)34(75)26(14-67)99-58,23-96-7-3-11-112-63-51(92)43(84)55(31(19-72)104-63)108-59-47(88)39(80)35(76)27(15-68)100-59)24-97-8-4-12-113-64-52(93)44(85)56(32(20-73)105-64)109-60-48(89)40(81)36(77)28(16-69)101-60/h25-64,66-93H,1-24H2/t25-,26-,27-,28-,29-,30-,31-,32-,33+,34+,35+,36+,37+,38+,39+,40+,41-,42-,43-,44-,45-,46-,47-,48-,49-,50-,51-,52-,53-,54-,55-,56-,57+,58+,59+,60+,61+,62+,63+,64+/m1/s1. The summed E-state index contributed by atoms with van der Waals surface area (Å²) in [5.74, 6) is 0.772. The molecule has 0 aliphatic carbocycles. The summed E-state index contributed by atoms with van der Waals surface area (Å²) in [4.78, 5) is 0. The van der Waals surface area contributed by atoms with Crippen LogP contribution in [0.2, 0.25) is 0 Å². The van der Waals surface area contributed by atoms with Crippen molar-refractivity contribution in [3.05, 3.63) is 0 Å². The van der Waals surface area contributed by atoms with E-state index in [0.29, 0.717) is 0 Å². The Morgan fingerprint density at radius 3 is 0.575 bits per heavy atom. The zero-order valence-corrected chi connectivity index (χ0v) is 64.5.